The van der Waals surface area contributed by atoms with E-state index in [1.165, 1.54) is 12.1 Å². The van der Waals surface area contributed by atoms with Crippen LogP contribution in [0.4, 0.5) is 4.39 Å². The number of rotatable bonds is 8. The second kappa shape index (κ2) is 9.35. The van der Waals surface area contributed by atoms with Crippen molar-refractivity contribution in [1.82, 2.24) is 20.0 Å². The summed E-state index contributed by atoms with van der Waals surface area (Å²) in [6.45, 7) is 0.179. The number of nitrogens with zero attached hydrogens (tertiary/aromatic N) is 2. The molecule has 3 aromatic rings. The Morgan fingerprint density at radius 2 is 1.93 bits per heavy atom. The number of pyridine rings is 2. The van der Waals surface area contributed by atoms with Gasteiger partial charge in [0.2, 0.25) is 15.9 Å². The van der Waals surface area contributed by atoms with Gasteiger partial charge in [-0.05, 0) is 42.0 Å². The predicted molar refractivity (Wildman–Crippen MR) is 106 cm³/mol. The van der Waals surface area contributed by atoms with E-state index >= 15 is 0 Å². The summed E-state index contributed by atoms with van der Waals surface area (Å²) in [6, 6.07) is 12.1. The second-order valence-corrected chi connectivity index (χ2v) is 7.94. The van der Waals surface area contributed by atoms with Crippen LogP contribution >= 0.6 is 0 Å². The second-order valence-electron chi connectivity index (χ2n) is 6.18. The molecule has 7 nitrogen and oxygen atoms in total. The lowest BCUT2D eigenvalue weighted by Crippen LogP contribution is -2.30. The van der Waals surface area contributed by atoms with Crippen LogP contribution in [-0.2, 0) is 21.4 Å². The van der Waals surface area contributed by atoms with E-state index in [2.05, 4.69) is 20.0 Å². The van der Waals surface area contributed by atoms with E-state index in [1.54, 1.807) is 18.6 Å². The number of amides is 1. The summed E-state index contributed by atoms with van der Waals surface area (Å²) < 4.78 is 39.6. The molecule has 29 heavy (non-hydrogen) atoms. The van der Waals surface area contributed by atoms with Gasteiger partial charge in [-0.3, -0.25) is 14.8 Å². The molecule has 1 amide bonds. The van der Waals surface area contributed by atoms with Crippen LogP contribution in [-0.4, -0.2) is 30.8 Å². The molecule has 0 atom stereocenters. The van der Waals surface area contributed by atoms with Gasteiger partial charge in [-0.25, -0.2) is 17.5 Å². The van der Waals surface area contributed by atoms with Crippen LogP contribution in [0.3, 0.4) is 0 Å². The smallest absolute Gasteiger partial charge is 0.240 e. The Bertz CT molecular complexity index is 1070. The van der Waals surface area contributed by atoms with Gasteiger partial charge in [0.25, 0.3) is 0 Å². The number of halogens is 1. The first-order valence-corrected chi connectivity index (χ1v) is 10.3. The maximum absolute atomic E-state index is 13.2. The van der Waals surface area contributed by atoms with E-state index in [0.717, 1.165) is 29.0 Å². The molecule has 0 spiro atoms. The van der Waals surface area contributed by atoms with Crippen LogP contribution in [0.2, 0.25) is 0 Å². The molecular formula is C20H19FN4O3S. The van der Waals surface area contributed by atoms with Gasteiger partial charge in [0, 0.05) is 43.7 Å². The summed E-state index contributed by atoms with van der Waals surface area (Å²) in [5, 5.41) is 2.71. The van der Waals surface area contributed by atoms with Gasteiger partial charge in [0.15, 0.2) is 0 Å². The Morgan fingerprint density at radius 1 is 1.07 bits per heavy atom. The molecule has 0 saturated heterocycles. The molecule has 0 fully saturated rings. The Hall–Kier alpha value is -3.17. The Morgan fingerprint density at radius 3 is 2.62 bits per heavy atom. The molecule has 0 aliphatic heterocycles. The van der Waals surface area contributed by atoms with Gasteiger partial charge < -0.3 is 5.32 Å². The zero-order chi connectivity index (χ0) is 20.7. The zero-order valence-electron chi connectivity index (χ0n) is 15.4. The van der Waals surface area contributed by atoms with Gasteiger partial charge in [0.05, 0.1) is 10.6 Å². The van der Waals surface area contributed by atoms with Crippen molar-refractivity contribution in [3.63, 3.8) is 0 Å². The van der Waals surface area contributed by atoms with Gasteiger partial charge in [-0.1, -0.05) is 12.1 Å². The van der Waals surface area contributed by atoms with Crippen LogP contribution in [0, 0.1) is 5.82 Å². The fourth-order valence-corrected chi connectivity index (χ4v) is 3.58. The minimum Gasteiger partial charge on any atom is -0.352 e. The Balaban J connectivity index is 1.45. The Kier molecular flexibility index (Phi) is 6.63. The van der Waals surface area contributed by atoms with Crippen molar-refractivity contribution < 1.29 is 17.6 Å². The van der Waals surface area contributed by atoms with E-state index in [4.69, 9.17) is 0 Å². The van der Waals surface area contributed by atoms with Gasteiger partial charge in [-0.15, -0.1) is 0 Å². The molecule has 0 unspecified atom stereocenters. The van der Waals surface area contributed by atoms with Gasteiger partial charge in [-0.2, -0.15) is 0 Å². The monoisotopic (exact) mass is 414 g/mol. The van der Waals surface area contributed by atoms with Crippen molar-refractivity contribution in [1.29, 1.82) is 0 Å². The summed E-state index contributed by atoms with van der Waals surface area (Å²) in [5.74, 6) is -0.961. The molecule has 0 radical (unpaired) electrons. The third kappa shape index (κ3) is 5.90. The molecule has 2 N–H and O–H groups in total. The predicted octanol–water partition coefficient (Wildman–Crippen LogP) is 2.27. The van der Waals surface area contributed by atoms with Crippen LogP contribution in [0.15, 0.2) is 72.0 Å². The van der Waals surface area contributed by atoms with Crippen molar-refractivity contribution >= 4 is 15.9 Å². The highest BCUT2D eigenvalue weighted by atomic mass is 32.2. The molecule has 0 aliphatic carbocycles. The lowest BCUT2D eigenvalue weighted by Gasteiger charge is -2.08. The first kappa shape index (κ1) is 20.6. The van der Waals surface area contributed by atoms with Crippen LogP contribution in [0.25, 0.3) is 11.3 Å². The topological polar surface area (TPSA) is 101 Å². The molecule has 2 aromatic heterocycles. The number of hydrogen-bond acceptors (Lipinski definition) is 5. The maximum atomic E-state index is 13.2. The summed E-state index contributed by atoms with van der Waals surface area (Å²) in [7, 11) is -3.86. The van der Waals surface area contributed by atoms with Crippen molar-refractivity contribution in [2.24, 2.45) is 0 Å². The van der Waals surface area contributed by atoms with Crippen molar-refractivity contribution in [2.75, 3.05) is 6.54 Å². The van der Waals surface area contributed by atoms with Gasteiger partial charge >= 0.3 is 0 Å². The highest BCUT2D eigenvalue weighted by molar-refractivity contribution is 7.89. The molecule has 2 heterocycles. The average molecular weight is 414 g/mol. The van der Waals surface area contributed by atoms with Crippen LogP contribution in [0.5, 0.6) is 0 Å². The summed E-state index contributed by atoms with van der Waals surface area (Å²) in [4.78, 5) is 20.2. The molecule has 0 aliphatic rings. The quantitative estimate of drug-likeness (QED) is 0.589. The van der Waals surface area contributed by atoms with Crippen LogP contribution < -0.4 is 10.0 Å². The number of nitrogens with one attached hydrogen (secondary N) is 2. The minimum atomic E-state index is -3.86. The third-order valence-electron chi connectivity index (χ3n) is 4.02. The highest BCUT2D eigenvalue weighted by Gasteiger charge is 2.14. The summed E-state index contributed by atoms with van der Waals surface area (Å²) in [6.07, 6.45) is 5.02. The average Bonchev–Trinajstić information content (AvgIpc) is 2.73. The van der Waals surface area contributed by atoms with E-state index in [9.17, 15) is 17.6 Å². The Labute approximate surface area is 168 Å². The minimum absolute atomic E-state index is 0.0459. The first-order chi connectivity index (χ1) is 13.9. The van der Waals surface area contributed by atoms with Crippen LogP contribution in [0.1, 0.15) is 12.0 Å². The number of carbonyl (C=O) groups is 1. The van der Waals surface area contributed by atoms with E-state index in [-0.39, 0.29) is 30.3 Å². The molecular weight excluding hydrogens is 395 g/mol. The van der Waals surface area contributed by atoms with Crippen molar-refractivity contribution in [3.8, 4) is 11.3 Å². The number of carbonyl (C=O) groups excluding carboxylic acids is 1. The fourth-order valence-electron chi connectivity index (χ4n) is 2.52. The summed E-state index contributed by atoms with van der Waals surface area (Å²) >= 11 is 0. The largest absolute Gasteiger partial charge is 0.352 e. The lowest BCUT2D eigenvalue weighted by molar-refractivity contribution is -0.121. The fraction of sp³-hybridized carbons (Fsp3) is 0.150. The SMILES string of the molecule is O=C(CCNS(=O)(=O)c1cccc(F)c1)NCc1ccc(-c2cccnc2)nc1. The summed E-state index contributed by atoms with van der Waals surface area (Å²) in [5.41, 5.74) is 2.49. The number of sulfonamides is 1. The molecule has 3 rings (SSSR count). The first-order valence-electron chi connectivity index (χ1n) is 8.81. The lowest BCUT2D eigenvalue weighted by atomic mass is 10.1. The third-order valence-corrected chi connectivity index (χ3v) is 5.48. The molecule has 9 heteroatoms. The highest BCUT2D eigenvalue weighted by Crippen LogP contribution is 2.15. The molecule has 1 aromatic carbocycles. The maximum Gasteiger partial charge on any atom is 0.240 e. The van der Waals surface area contributed by atoms with E-state index < -0.39 is 15.8 Å². The number of hydrogen-bond donors (Lipinski definition) is 2. The van der Waals surface area contributed by atoms with Crippen molar-refractivity contribution in [2.45, 2.75) is 17.9 Å². The molecule has 0 bridgehead atoms. The number of benzene rings is 1. The molecule has 0 saturated carbocycles. The van der Waals surface area contributed by atoms with Gasteiger partial charge in [0.1, 0.15) is 5.82 Å². The van der Waals surface area contributed by atoms with Crippen molar-refractivity contribution in [3.05, 3.63) is 78.5 Å². The molecule has 150 valence electrons. The van der Waals surface area contributed by atoms with E-state index in [1.807, 2.05) is 24.3 Å². The number of aromatic nitrogens is 2. The zero-order valence-corrected chi connectivity index (χ0v) is 16.2. The normalized spacial score (nSPS) is 11.2. The van der Waals surface area contributed by atoms with E-state index in [0.29, 0.717) is 0 Å². The standard InChI is InChI=1S/C20H19FN4O3S/c21-17-4-1-5-18(11-17)29(27,28)25-10-8-20(26)24-13-15-6-7-19(23-12-15)16-3-2-9-22-14-16/h1-7,9,11-12,14,25H,8,10,13H2,(H,24,26).